The van der Waals surface area contributed by atoms with E-state index in [0.717, 1.165) is 23.8 Å². The molecule has 0 aliphatic rings. The number of rotatable bonds is 5. The van der Waals surface area contributed by atoms with Crippen molar-refractivity contribution in [1.29, 1.82) is 0 Å². The molecule has 0 amide bonds. The second kappa shape index (κ2) is 6.25. The summed E-state index contributed by atoms with van der Waals surface area (Å²) in [6.45, 7) is 3.05. The van der Waals surface area contributed by atoms with Gasteiger partial charge in [-0.05, 0) is 18.6 Å². The second-order valence-electron chi connectivity index (χ2n) is 3.58. The van der Waals surface area contributed by atoms with E-state index in [9.17, 15) is 0 Å². The molecular formula is C13H15N3S. The van der Waals surface area contributed by atoms with Crippen molar-refractivity contribution >= 4 is 17.6 Å². The van der Waals surface area contributed by atoms with Gasteiger partial charge >= 0.3 is 0 Å². The van der Waals surface area contributed by atoms with Crippen LogP contribution < -0.4 is 5.32 Å². The van der Waals surface area contributed by atoms with Crippen LogP contribution in [0.5, 0.6) is 0 Å². The Morgan fingerprint density at radius 1 is 1.18 bits per heavy atom. The van der Waals surface area contributed by atoms with Crippen LogP contribution in [0.1, 0.15) is 13.3 Å². The van der Waals surface area contributed by atoms with Crippen LogP contribution >= 0.6 is 11.8 Å². The Kier molecular flexibility index (Phi) is 4.38. The lowest BCUT2D eigenvalue weighted by molar-refractivity contribution is 0.948. The summed E-state index contributed by atoms with van der Waals surface area (Å²) in [6.07, 6.45) is 4.62. The maximum Gasteiger partial charge on any atom is 0.145 e. The highest BCUT2D eigenvalue weighted by atomic mass is 32.2. The van der Waals surface area contributed by atoms with Crippen LogP contribution in [-0.4, -0.2) is 16.5 Å². The van der Waals surface area contributed by atoms with E-state index in [1.165, 1.54) is 4.90 Å². The molecule has 0 aliphatic carbocycles. The monoisotopic (exact) mass is 245 g/mol. The first kappa shape index (κ1) is 11.9. The molecule has 1 aromatic carbocycles. The van der Waals surface area contributed by atoms with Gasteiger partial charge in [0, 0.05) is 11.4 Å². The summed E-state index contributed by atoms with van der Waals surface area (Å²) in [7, 11) is 0. The Morgan fingerprint density at radius 2 is 2.00 bits per heavy atom. The highest BCUT2D eigenvalue weighted by molar-refractivity contribution is 7.99. The molecule has 0 spiro atoms. The third kappa shape index (κ3) is 3.75. The maximum absolute atomic E-state index is 4.49. The van der Waals surface area contributed by atoms with Gasteiger partial charge in [0.25, 0.3) is 0 Å². The van der Waals surface area contributed by atoms with Crippen LogP contribution in [0.4, 0.5) is 5.82 Å². The van der Waals surface area contributed by atoms with Crippen molar-refractivity contribution in [2.45, 2.75) is 23.3 Å². The number of hydrogen-bond acceptors (Lipinski definition) is 4. The predicted molar refractivity (Wildman–Crippen MR) is 71.4 cm³/mol. The Balaban J connectivity index is 2.06. The van der Waals surface area contributed by atoms with E-state index in [1.54, 1.807) is 24.2 Å². The number of hydrogen-bond donors (Lipinski definition) is 1. The van der Waals surface area contributed by atoms with Gasteiger partial charge in [-0.1, -0.05) is 36.9 Å². The minimum absolute atomic E-state index is 0.841. The lowest BCUT2D eigenvalue weighted by atomic mass is 10.4. The molecular weight excluding hydrogens is 230 g/mol. The van der Waals surface area contributed by atoms with E-state index in [0.29, 0.717) is 0 Å². The van der Waals surface area contributed by atoms with Gasteiger partial charge in [0.1, 0.15) is 10.8 Å². The highest BCUT2D eigenvalue weighted by Crippen LogP contribution is 2.25. The van der Waals surface area contributed by atoms with Gasteiger partial charge in [-0.15, -0.1) is 0 Å². The molecule has 0 saturated heterocycles. The topological polar surface area (TPSA) is 37.8 Å². The maximum atomic E-state index is 4.49. The average Bonchev–Trinajstić information content (AvgIpc) is 2.38. The van der Waals surface area contributed by atoms with Crippen LogP contribution in [0.3, 0.4) is 0 Å². The number of aromatic nitrogens is 2. The summed E-state index contributed by atoms with van der Waals surface area (Å²) >= 11 is 1.62. The van der Waals surface area contributed by atoms with Crippen molar-refractivity contribution in [3.05, 3.63) is 42.7 Å². The van der Waals surface area contributed by atoms with Crippen molar-refractivity contribution in [2.75, 3.05) is 11.9 Å². The summed E-state index contributed by atoms with van der Waals surface area (Å²) in [4.78, 5) is 9.86. The lowest BCUT2D eigenvalue weighted by Crippen LogP contribution is -2.02. The number of nitrogens with zero attached hydrogens (tertiary/aromatic N) is 2. The summed E-state index contributed by atoms with van der Waals surface area (Å²) in [6, 6.07) is 10.2. The average molecular weight is 245 g/mol. The van der Waals surface area contributed by atoms with Gasteiger partial charge in [0.2, 0.25) is 0 Å². The zero-order valence-corrected chi connectivity index (χ0v) is 10.6. The number of nitrogens with one attached hydrogen (secondary N) is 1. The summed E-state index contributed by atoms with van der Waals surface area (Å²) < 4.78 is 0. The molecule has 0 radical (unpaired) electrons. The zero-order valence-electron chi connectivity index (χ0n) is 9.76. The van der Waals surface area contributed by atoms with E-state index < -0.39 is 0 Å². The van der Waals surface area contributed by atoms with Crippen LogP contribution in [0.25, 0.3) is 0 Å². The molecule has 1 heterocycles. The quantitative estimate of drug-likeness (QED) is 0.875. The van der Waals surface area contributed by atoms with Crippen molar-refractivity contribution < 1.29 is 0 Å². The fourth-order valence-electron chi connectivity index (χ4n) is 1.34. The Morgan fingerprint density at radius 3 is 2.76 bits per heavy atom. The Hall–Kier alpha value is -1.55. The van der Waals surface area contributed by atoms with Gasteiger partial charge in [-0.3, -0.25) is 4.98 Å². The third-order valence-corrected chi connectivity index (χ3v) is 3.05. The smallest absolute Gasteiger partial charge is 0.145 e. The molecule has 2 aromatic rings. The first-order chi connectivity index (χ1) is 8.38. The molecule has 0 saturated carbocycles. The molecule has 1 N–H and O–H groups in total. The number of benzene rings is 1. The first-order valence-electron chi connectivity index (χ1n) is 5.67. The molecule has 0 fully saturated rings. The van der Waals surface area contributed by atoms with Crippen LogP contribution in [0.2, 0.25) is 0 Å². The van der Waals surface area contributed by atoms with Gasteiger partial charge in [-0.25, -0.2) is 4.98 Å². The molecule has 2 rings (SSSR count). The summed E-state index contributed by atoms with van der Waals surface area (Å²) in [5.74, 6) is 0.841. The third-order valence-electron chi connectivity index (χ3n) is 2.13. The molecule has 4 heteroatoms. The fourth-order valence-corrected chi connectivity index (χ4v) is 2.14. The van der Waals surface area contributed by atoms with Gasteiger partial charge in [-0.2, -0.15) is 0 Å². The SMILES string of the molecule is CCCNc1cncc(Sc2ccccc2)n1. The number of anilines is 1. The second-order valence-corrected chi connectivity index (χ2v) is 4.68. The molecule has 0 unspecified atom stereocenters. The van der Waals surface area contributed by atoms with E-state index in [2.05, 4.69) is 34.3 Å². The van der Waals surface area contributed by atoms with Crippen molar-refractivity contribution in [3.8, 4) is 0 Å². The fraction of sp³-hybridized carbons (Fsp3) is 0.231. The highest BCUT2D eigenvalue weighted by Gasteiger charge is 2.00. The van der Waals surface area contributed by atoms with Crippen LogP contribution in [-0.2, 0) is 0 Å². The largest absolute Gasteiger partial charge is 0.369 e. The summed E-state index contributed by atoms with van der Waals surface area (Å²) in [5, 5.41) is 4.15. The minimum Gasteiger partial charge on any atom is -0.369 e. The van der Waals surface area contributed by atoms with Gasteiger partial charge < -0.3 is 5.32 Å². The van der Waals surface area contributed by atoms with Gasteiger partial charge in [0.05, 0.1) is 12.4 Å². The van der Waals surface area contributed by atoms with Crippen LogP contribution in [0.15, 0.2) is 52.6 Å². The molecule has 0 atom stereocenters. The van der Waals surface area contributed by atoms with Gasteiger partial charge in [0.15, 0.2) is 0 Å². The molecule has 88 valence electrons. The minimum atomic E-state index is 0.841. The first-order valence-corrected chi connectivity index (χ1v) is 6.49. The normalized spacial score (nSPS) is 10.2. The van der Waals surface area contributed by atoms with Crippen molar-refractivity contribution in [2.24, 2.45) is 0 Å². The molecule has 0 aliphatic heterocycles. The van der Waals surface area contributed by atoms with Crippen LogP contribution in [0, 0.1) is 0 Å². The lowest BCUT2D eigenvalue weighted by Gasteiger charge is -2.05. The zero-order chi connectivity index (χ0) is 11.9. The molecule has 0 bridgehead atoms. The van der Waals surface area contributed by atoms with Crippen molar-refractivity contribution in [3.63, 3.8) is 0 Å². The van der Waals surface area contributed by atoms with E-state index >= 15 is 0 Å². The van der Waals surface area contributed by atoms with Crippen molar-refractivity contribution in [1.82, 2.24) is 9.97 Å². The van der Waals surface area contributed by atoms with E-state index in [1.807, 2.05) is 18.2 Å². The predicted octanol–water partition coefficient (Wildman–Crippen LogP) is 3.45. The summed E-state index contributed by atoms with van der Waals surface area (Å²) in [5.41, 5.74) is 0. The molecule has 17 heavy (non-hydrogen) atoms. The Bertz CT molecular complexity index is 459. The molecule has 3 nitrogen and oxygen atoms in total. The van der Waals surface area contributed by atoms with E-state index in [4.69, 9.17) is 0 Å². The Labute approximate surface area is 106 Å². The molecule has 1 aromatic heterocycles. The van der Waals surface area contributed by atoms with E-state index in [-0.39, 0.29) is 0 Å². The standard InChI is InChI=1S/C13H15N3S/c1-2-8-15-12-9-14-10-13(16-12)17-11-6-4-3-5-7-11/h3-7,9-10H,2,8H2,1H3,(H,15,16).